The highest BCUT2D eigenvalue weighted by molar-refractivity contribution is 7.07. The Morgan fingerprint density at radius 3 is 3.13 bits per heavy atom. The van der Waals surface area contributed by atoms with E-state index in [1.165, 1.54) is 11.3 Å². The van der Waals surface area contributed by atoms with Gasteiger partial charge in [0.25, 0.3) is 0 Å². The van der Waals surface area contributed by atoms with Crippen LogP contribution >= 0.6 is 11.3 Å². The Morgan fingerprint density at radius 2 is 2.53 bits per heavy atom. The smallest absolute Gasteiger partial charge is 0.309 e. The van der Waals surface area contributed by atoms with Gasteiger partial charge in [0.2, 0.25) is 5.91 Å². The molecule has 0 aliphatic carbocycles. The minimum atomic E-state index is -0.923. The number of aromatic nitrogens is 1. The molecule has 2 heterocycles. The van der Waals surface area contributed by atoms with Crippen molar-refractivity contribution in [2.75, 3.05) is 0 Å². The summed E-state index contributed by atoms with van der Waals surface area (Å²) in [6.07, 6.45) is 0.566. The number of hydrogen-bond donors (Lipinski definition) is 2. The summed E-state index contributed by atoms with van der Waals surface area (Å²) in [5.41, 5.74) is 2.53. The van der Waals surface area contributed by atoms with Crippen molar-refractivity contribution in [1.29, 1.82) is 0 Å². The van der Waals surface area contributed by atoms with Crippen molar-refractivity contribution in [3.63, 3.8) is 0 Å². The molecule has 6 heteroatoms. The van der Waals surface area contributed by atoms with Gasteiger partial charge in [0.1, 0.15) is 0 Å². The maximum Gasteiger partial charge on any atom is 0.309 e. The summed E-state index contributed by atoms with van der Waals surface area (Å²) in [5, 5.41) is 13.5. The Morgan fingerprint density at radius 1 is 1.73 bits per heavy atom. The first-order chi connectivity index (χ1) is 7.16. The Hall–Kier alpha value is -1.43. The number of aliphatic carboxylic acids is 1. The minimum absolute atomic E-state index is 0.0735. The van der Waals surface area contributed by atoms with E-state index in [9.17, 15) is 9.59 Å². The predicted molar refractivity (Wildman–Crippen MR) is 53.5 cm³/mol. The zero-order valence-corrected chi connectivity index (χ0v) is 8.66. The van der Waals surface area contributed by atoms with Crippen LogP contribution in [-0.4, -0.2) is 28.0 Å². The third-order valence-corrected chi connectivity index (χ3v) is 3.10. The maximum absolute atomic E-state index is 11.1. The second kappa shape index (κ2) is 3.98. The quantitative estimate of drug-likeness (QED) is 0.775. The van der Waals surface area contributed by atoms with E-state index < -0.39 is 11.9 Å². The van der Waals surface area contributed by atoms with Gasteiger partial charge in [0.05, 0.1) is 17.1 Å². The molecule has 0 spiro atoms. The van der Waals surface area contributed by atoms with Gasteiger partial charge in [-0.2, -0.15) is 0 Å². The number of thiazole rings is 1. The van der Waals surface area contributed by atoms with Gasteiger partial charge in [-0.25, -0.2) is 4.98 Å². The van der Waals surface area contributed by atoms with E-state index in [1.54, 1.807) is 5.51 Å². The molecule has 1 saturated heterocycles. The standard InChI is InChI=1S/C9H10N2O3S/c12-8-2-6(9(13)14)7(11-8)1-5-3-15-4-10-5/h3-4,6-7H,1-2H2,(H,11,12)(H,13,14). The third-order valence-electron chi connectivity index (χ3n) is 2.47. The van der Waals surface area contributed by atoms with Gasteiger partial charge in [-0.1, -0.05) is 0 Å². The monoisotopic (exact) mass is 226 g/mol. The molecule has 0 radical (unpaired) electrons. The Balaban J connectivity index is 2.07. The summed E-state index contributed by atoms with van der Waals surface area (Å²) in [6, 6.07) is -0.322. The zero-order valence-electron chi connectivity index (χ0n) is 7.84. The van der Waals surface area contributed by atoms with E-state index >= 15 is 0 Å². The van der Waals surface area contributed by atoms with Gasteiger partial charge in [-0.15, -0.1) is 11.3 Å². The number of nitrogens with one attached hydrogen (secondary N) is 1. The van der Waals surface area contributed by atoms with Gasteiger partial charge in [-0.3, -0.25) is 9.59 Å². The van der Waals surface area contributed by atoms with Crippen LogP contribution in [0.2, 0.25) is 0 Å². The molecular weight excluding hydrogens is 216 g/mol. The summed E-state index contributed by atoms with van der Waals surface area (Å²) in [6.45, 7) is 0. The lowest BCUT2D eigenvalue weighted by Gasteiger charge is -2.13. The van der Waals surface area contributed by atoms with E-state index in [2.05, 4.69) is 10.3 Å². The predicted octanol–water partition coefficient (Wildman–Crippen LogP) is 0.275. The number of amides is 1. The van der Waals surface area contributed by atoms with Crippen molar-refractivity contribution >= 4 is 23.2 Å². The topological polar surface area (TPSA) is 79.3 Å². The molecule has 2 atom stereocenters. The summed E-state index contributed by atoms with van der Waals surface area (Å²) >= 11 is 1.46. The summed E-state index contributed by atoms with van der Waals surface area (Å²) in [7, 11) is 0. The molecule has 15 heavy (non-hydrogen) atoms. The first kappa shape index (κ1) is 10.1. The number of rotatable bonds is 3. The largest absolute Gasteiger partial charge is 0.481 e. The fourth-order valence-corrected chi connectivity index (χ4v) is 2.30. The van der Waals surface area contributed by atoms with Crippen molar-refractivity contribution < 1.29 is 14.7 Å². The SMILES string of the molecule is O=C1CC(C(=O)O)C(Cc2cscn2)N1. The number of carbonyl (C=O) groups is 2. The fourth-order valence-electron chi connectivity index (χ4n) is 1.72. The molecule has 0 bridgehead atoms. The molecule has 1 aliphatic heterocycles. The zero-order chi connectivity index (χ0) is 10.8. The highest BCUT2D eigenvalue weighted by Crippen LogP contribution is 2.20. The molecule has 2 unspecified atom stereocenters. The molecule has 1 fully saturated rings. The van der Waals surface area contributed by atoms with Crippen LogP contribution in [0.4, 0.5) is 0 Å². The second-order valence-electron chi connectivity index (χ2n) is 3.51. The first-order valence-corrected chi connectivity index (χ1v) is 5.50. The second-order valence-corrected chi connectivity index (χ2v) is 4.23. The van der Waals surface area contributed by atoms with Crippen LogP contribution in [-0.2, 0) is 16.0 Å². The lowest BCUT2D eigenvalue weighted by molar-refractivity contribution is -0.142. The first-order valence-electron chi connectivity index (χ1n) is 4.56. The van der Waals surface area contributed by atoms with Crippen LogP contribution in [0.1, 0.15) is 12.1 Å². The van der Waals surface area contributed by atoms with Gasteiger partial charge in [-0.05, 0) is 0 Å². The molecular formula is C9H10N2O3S. The molecule has 2 rings (SSSR count). The van der Waals surface area contributed by atoms with Crippen molar-refractivity contribution in [2.24, 2.45) is 5.92 Å². The molecule has 2 N–H and O–H groups in total. The van der Waals surface area contributed by atoms with E-state index in [1.807, 2.05) is 5.38 Å². The maximum atomic E-state index is 11.1. The van der Waals surface area contributed by atoms with Gasteiger partial charge in [0, 0.05) is 24.3 Å². The molecule has 0 aromatic carbocycles. The number of carboxylic acid groups (broad SMARTS) is 1. The molecule has 1 aliphatic rings. The van der Waals surface area contributed by atoms with Crippen molar-refractivity contribution in [1.82, 2.24) is 10.3 Å². The molecule has 0 saturated carbocycles. The van der Waals surface area contributed by atoms with Crippen LogP contribution in [0.25, 0.3) is 0 Å². The molecule has 1 aromatic heterocycles. The lowest BCUT2D eigenvalue weighted by Crippen LogP contribution is -2.34. The molecule has 1 amide bonds. The highest BCUT2D eigenvalue weighted by Gasteiger charge is 2.37. The number of carboxylic acids is 1. The summed E-state index contributed by atoms with van der Waals surface area (Å²) in [5.74, 6) is -1.74. The average molecular weight is 226 g/mol. The van der Waals surface area contributed by atoms with Crippen LogP contribution < -0.4 is 5.32 Å². The summed E-state index contributed by atoms with van der Waals surface area (Å²) < 4.78 is 0. The minimum Gasteiger partial charge on any atom is -0.481 e. The molecule has 5 nitrogen and oxygen atoms in total. The number of nitrogens with zero attached hydrogens (tertiary/aromatic N) is 1. The Bertz CT molecular complexity index is 377. The van der Waals surface area contributed by atoms with Crippen molar-refractivity contribution in [2.45, 2.75) is 18.9 Å². The lowest BCUT2D eigenvalue weighted by atomic mass is 9.97. The molecule has 80 valence electrons. The van der Waals surface area contributed by atoms with Crippen LogP contribution in [0.3, 0.4) is 0 Å². The van der Waals surface area contributed by atoms with Crippen LogP contribution in [0.5, 0.6) is 0 Å². The normalized spacial score (nSPS) is 25.2. The summed E-state index contributed by atoms with van der Waals surface area (Å²) in [4.78, 5) is 26.1. The van der Waals surface area contributed by atoms with E-state index in [-0.39, 0.29) is 18.4 Å². The Kier molecular flexibility index (Phi) is 2.68. The average Bonchev–Trinajstić information content (AvgIpc) is 2.75. The van der Waals surface area contributed by atoms with Gasteiger partial charge >= 0.3 is 5.97 Å². The van der Waals surface area contributed by atoms with E-state index in [0.717, 1.165) is 5.69 Å². The van der Waals surface area contributed by atoms with Gasteiger partial charge < -0.3 is 10.4 Å². The van der Waals surface area contributed by atoms with E-state index in [0.29, 0.717) is 6.42 Å². The van der Waals surface area contributed by atoms with Crippen LogP contribution in [0.15, 0.2) is 10.9 Å². The fraction of sp³-hybridized carbons (Fsp3) is 0.444. The highest BCUT2D eigenvalue weighted by atomic mass is 32.1. The van der Waals surface area contributed by atoms with Crippen LogP contribution in [0, 0.1) is 5.92 Å². The van der Waals surface area contributed by atoms with E-state index in [4.69, 9.17) is 5.11 Å². The number of carbonyl (C=O) groups excluding carboxylic acids is 1. The third kappa shape index (κ3) is 2.15. The van der Waals surface area contributed by atoms with Crippen molar-refractivity contribution in [3.05, 3.63) is 16.6 Å². The molecule has 1 aromatic rings. The number of hydrogen-bond acceptors (Lipinski definition) is 4. The van der Waals surface area contributed by atoms with Crippen molar-refractivity contribution in [3.8, 4) is 0 Å². The Labute approximate surface area is 90.1 Å². The van der Waals surface area contributed by atoms with Gasteiger partial charge in [0.15, 0.2) is 0 Å².